The third-order valence-corrected chi connectivity index (χ3v) is 9.05. The number of aliphatic hydroxyl groups is 3. The maximum atomic E-state index is 13.1. The number of Topliss-reactive ketones (excluding diaryl/α,β-unsaturated/α-hetero) is 1. The van der Waals surface area contributed by atoms with Crippen molar-refractivity contribution < 1.29 is 29.6 Å². The lowest BCUT2D eigenvalue weighted by Gasteiger charge is -2.34. The lowest BCUT2D eigenvalue weighted by Crippen LogP contribution is -2.51. The van der Waals surface area contributed by atoms with Crippen molar-refractivity contribution in [2.45, 2.75) is 200 Å². The molecule has 0 aliphatic rings. The number of carbonyl (C=O) groups excluding carboxylic acids is 2. The van der Waals surface area contributed by atoms with Gasteiger partial charge >= 0.3 is 5.97 Å². The minimum atomic E-state index is -1.56. The number of hydrogen-bond acceptors (Lipinski definition) is 6. The molecule has 0 amide bonds. The Kier molecular flexibility index (Phi) is 30.3. The Morgan fingerprint density at radius 1 is 0.465 bits per heavy atom. The molecule has 0 aliphatic heterocycles. The number of unbranched alkanes of at least 4 members (excludes halogenated alkanes) is 24. The summed E-state index contributed by atoms with van der Waals surface area (Å²) in [7, 11) is 0. The summed E-state index contributed by atoms with van der Waals surface area (Å²) in [5.41, 5.74) is -1.56. The van der Waals surface area contributed by atoms with E-state index in [-0.39, 0.29) is 18.6 Å². The van der Waals surface area contributed by atoms with Crippen molar-refractivity contribution in [1.29, 1.82) is 0 Å². The van der Waals surface area contributed by atoms with Gasteiger partial charge in [0.15, 0.2) is 11.9 Å². The number of esters is 1. The van der Waals surface area contributed by atoms with E-state index in [9.17, 15) is 24.9 Å². The Balaban J connectivity index is 4.20. The second kappa shape index (κ2) is 31.0. The monoisotopic (exact) mass is 613 g/mol. The Morgan fingerprint density at radius 3 is 1.05 bits per heavy atom. The van der Waals surface area contributed by atoms with E-state index in [1.54, 1.807) is 0 Å². The molecule has 0 heterocycles. The molecule has 3 N–H and O–H groups in total. The van der Waals surface area contributed by atoms with Crippen molar-refractivity contribution in [2.75, 3.05) is 19.8 Å². The van der Waals surface area contributed by atoms with Crippen LogP contribution in [0.2, 0.25) is 0 Å². The van der Waals surface area contributed by atoms with E-state index in [0.29, 0.717) is 12.8 Å². The molecule has 0 aliphatic carbocycles. The summed E-state index contributed by atoms with van der Waals surface area (Å²) in [6, 6.07) is 0. The number of ketones is 1. The van der Waals surface area contributed by atoms with Gasteiger partial charge in [0.2, 0.25) is 0 Å². The molecule has 0 aromatic heterocycles. The van der Waals surface area contributed by atoms with Gasteiger partial charge in [-0.25, -0.2) is 0 Å². The first-order chi connectivity index (χ1) is 21.0. The van der Waals surface area contributed by atoms with Crippen molar-refractivity contribution in [1.82, 2.24) is 0 Å². The van der Waals surface area contributed by atoms with Crippen LogP contribution in [0.1, 0.15) is 194 Å². The minimum absolute atomic E-state index is 0.207. The molecule has 6 nitrogen and oxygen atoms in total. The molecule has 1 atom stereocenters. The smallest absolute Gasteiger partial charge is 0.306 e. The van der Waals surface area contributed by atoms with Crippen LogP contribution in [0.5, 0.6) is 0 Å². The number of rotatable bonds is 34. The van der Waals surface area contributed by atoms with Gasteiger partial charge in [-0.3, -0.25) is 9.59 Å². The molecule has 256 valence electrons. The van der Waals surface area contributed by atoms with E-state index < -0.39 is 37.3 Å². The lowest BCUT2D eigenvalue weighted by molar-refractivity contribution is -0.173. The lowest BCUT2D eigenvalue weighted by atomic mass is 9.81. The van der Waals surface area contributed by atoms with Crippen molar-refractivity contribution >= 4 is 11.8 Å². The third kappa shape index (κ3) is 23.1. The first kappa shape index (κ1) is 42.0. The standard InChI is InChI=1S/C37H72O6/c1-3-5-7-9-11-13-15-17-19-21-23-25-27-29-34(41)36(37(31-38,32-39)33-40)43-35(42)30-28-26-24-22-20-18-16-14-12-10-8-6-4-2/h36,38-40H,3-33H2,1-2H3. The zero-order valence-corrected chi connectivity index (χ0v) is 28.6. The van der Waals surface area contributed by atoms with E-state index in [0.717, 1.165) is 32.1 Å². The molecule has 0 fully saturated rings. The highest BCUT2D eigenvalue weighted by atomic mass is 16.5. The normalized spacial score (nSPS) is 12.5. The highest BCUT2D eigenvalue weighted by Crippen LogP contribution is 2.27. The van der Waals surface area contributed by atoms with Gasteiger partial charge in [-0.05, 0) is 12.8 Å². The van der Waals surface area contributed by atoms with Crippen LogP contribution in [0.25, 0.3) is 0 Å². The van der Waals surface area contributed by atoms with E-state index in [2.05, 4.69) is 13.8 Å². The number of aliphatic hydroxyl groups excluding tert-OH is 3. The molecule has 0 aromatic carbocycles. The molecule has 0 radical (unpaired) electrons. The fourth-order valence-electron chi connectivity index (χ4n) is 5.86. The molecule has 0 rings (SSSR count). The van der Waals surface area contributed by atoms with Gasteiger partial charge in [0.1, 0.15) is 0 Å². The van der Waals surface area contributed by atoms with E-state index in [1.807, 2.05) is 0 Å². The SMILES string of the molecule is CCCCCCCCCCCCCCCC(=O)OC(C(=O)CCCCCCCCCCCCCCC)C(CO)(CO)CO. The average molecular weight is 613 g/mol. The van der Waals surface area contributed by atoms with E-state index in [4.69, 9.17) is 4.74 Å². The van der Waals surface area contributed by atoms with Crippen LogP contribution in [0.15, 0.2) is 0 Å². The molecule has 0 saturated carbocycles. The van der Waals surface area contributed by atoms with Crippen molar-refractivity contribution in [2.24, 2.45) is 5.41 Å². The topological polar surface area (TPSA) is 104 Å². The van der Waals surface area contributed by atoms with Crippen LogP contribution in [0, 0.1) is 5.41 Å². The fourth-order valence-corrected chi connectivity index (χ4v) is 5.86. The Bertz CT molecular complexity index is 610. The predicted molar refractivity (Wildman–Crippen MR) is 179 cm³/mol. The van der Waals surface area contributed by atoms with Crippen LogP contribution in [0.3, 0.4) is 0 Å². The molecule has 6 heteroatoms. The van der Waals surface area contributed by atoms with Gasteiger partial charge in [0.25, 0.3) is 0 Å². The van der Waals surface area contributed by atoms with Gasteiger partial charge in [0, 0.05) is 12.8 Å². The predicted octanol–water partition coefficient (Wildman–Crippen LogP) is 9.39. The van der Waals surface area contributed by atoms with Gasteiger partial charge in [-0.2, -0.15) is 0 Å². The molecule has 0 spiro atoms. The van der Waals surface area contributed by atoms with Crippen molar-refractivity contribution in [3.63, 3.8) is 0 Å². The second-order valence-electron chi connectivity index (χ2n) is 13.2. The summed E-state index contributed by atoms with van der Waals surface area (Å²) in [5.74, 6) is -0.814. The molecule has 0 saturated heterocycles. The fraction of sp³-hybridized carbons (Fsp3) is 0.946. The van der Waals surface area contributed by atoms with Crippen LogP contribution in [-0.2, 0) is 14.3 Å². The number of ether oxygens (including phenoxy) is 1. The van der Waals surface area contributed by atoms with Crippen molar-refractivity contribution in [3.05, 3.63) is 0 Å². The highest BCUT2D eigenvalue weighted by Gasteiger charge is 2.44. The molecule has 0 aromatic rings. The highest BCUT2D eigenvalue weighted by molar-refractivity contribution is 5.86. The Labute approximate surface area is 266 Å². The van der Waals surface area contributed by atoms with Gasteiger partial charge in [-0.1, -0.05) is 168 Å². The van der Waals surface area contributed by atoms with Gasteiger partial charge in [-0.15, -0.1) is 0 Å². The maximum Gasteiger partial charge on any atom is 0.306 e. The molecule has 0 bridgehead atoms. The maximum absolute atomic E-state index is 13.1. The van der Waals surface area contributed by atoms with Crippen LogP contribution >= 0.6 is 0 Å². The Morgan fingerprint density at radius 2 is 0.744 bits per heavy atom. The summed E-state index contributed by atoms with van der Waals surface area (Å²) >= 11 is 0. The quantitative estimate of drug-likeness (QED) is 0.0494. The zero-order valence-electron chi connectivity index (χ0n) is 28.6. The van der Waals surface area contributed by atoms with Gasteiger partial charge < -0.3 is 20.1 Å². The number of hydrogen-bond donors (Lipinski definition) is 3. The number of carbonyl (C=O) groups is 2. The van der Waals surface area contributed by atoms with Crippen LogP contribution < -0.4 is 0 Å². The third-order valence-electron chi connectivity index (χ3n) is 9.05. The van der Waals surface area contributed by atoms with Crippen LogP contribution in [0.4, 0.5) is 0 Å². The zero-order chi connectivity index (χ0) is 31.9. The first-order valence-corrected chi connectivity index (χ1v) is 18.6. The average Bonchev–Trinajstić information content (AvgIpc) is 3.02. The Hall–Kier alpha value is -0.980. The minimum Gasteiger partial charge on any atom is -0.453 e. The molecule has 43 heavy (non-hydrogen) atoms. The van der Waals surface area contributed by atoms with Crippen LogP contribution in [-0.4, -0.2) is 53.0 Å². The summed E-state index contributed by atoms with van der Waals surface area (Å²) in [6.07, 6.45) is 30.6. The summed E-state index contributed by atoms with van der Waals surface area (Å²) in [6.45, 7) is 2.62. The first-order valence-electron chi connectivity index (χ1n) is 18.6. The largest absolute Gasteiger partial charge is 0.453 e. The summed E-state index contributed by atoms with van der Waals surface area (Å²) in [5, 5.41) is 29.8. The molecular weight excluding hydrogens is 540 g/mol. The van der Waals surface area contributed by atoms with E-state index >= 15 is 0 Å². The van der Waals surface area contributed by atoms with Gasteiger partial charge in [0.05, 0.1) is 25.2 Å². The molecular formula is C37H72O6. The summed E-state index contributed by atoms with van der Waals surface area (Å²) < 4.78 is 5.55. The van der Waals surface area contributed by atoms with E-state index in [1.165, 1.54) is 122 Å². The van der Waals surface area contributed by atoms with Crippen molar-refractivity contribution in [3.8, 4) is 0 Å². The molecule has 1 unspecified atom stereocenters. The second-order valence-corrected chi connectivity index (χ2v) is 13.2. The summed E-state index contributed by atoms with van der Waals surface area (Å²) in [4.78, 5) is 25.7.